The predicted octanol–water partition coefficient (Wildman–Crippen LogP) is 3.14. The highest BCUT2D eigenvalue weighted by molar-refractivity contribution is 5.75. The quantitative estimate of drug-likeness (QED) is 0.838. The molecule has 6 heteroatoms. The standard InChI is InChI=1S/C18H25FN2O3/c1-21(11-8-16(22)23)17(24)20-13-18(9-3-2-4-10-18)14-6-5-7-15(19)12-14/h5-7,12H,2-4,8-11,13H2,1H3,(H,20,24)(H,22,23). The summed E-state index contributed by atoms with van der Waals surface area (Å²) in [4.78, 5) is 24.2. The van der Waals surface area contributed by atoms with E-state index < -0.39 is 5.97 Å². The van der Waals surface area contributed by atoms with Crippen LogP contribution in [0, 0.1) is 5.82 Å². The number of amides is 2. The highest BCUT2D eigenvalue weighted by Crippen LogP contribution is 2.39. The molecule has 0 aliphatic heterocycles. The van der Waals surface area contributed by atoms with Gasteiger partial charge in [-0.05, 0) is 30.5 Å². The molecule has 132 valence electrons. The van der Waals surface area contributed by atoms with E-state index in [1.807, 2.05) is 6.07 Å². The molecule has 1 fully saturated rings. The number of urea groups is 1. The molecule has 2 amide bonds. The molecule has 5 nitrogen and oxygen atoms in total. The first-order chi connectivity index (χ1) is 11.4. The molecule has 0 atom stereocenters. The first-order valence-corrected chi connectivity index (χ1v) is 8.40. The van der Waals surface area contributed by atoms with Gasteiger partial charge in [0.1, 0.15) is 5.82 Å². The number of carbonyl (C=O) groups excluding carboxylic acids is 1. The molecular weight excluding hydrogens is 311 g/mol. The molecule has 0 heterocycles. The van der Waals surface area contributed by atoms with Gasteiger partial charge in [-0.25, -0.2) is 9.18 Å². The maximum absolute atomic E-state index is 13.6. The van der Waals surface area contributed by atoms with E-state index in [0.29, 0.717) is 6.54 Å². The summed E-state index contributed by atoms with van der Waals surface area (Å²) < 4.78 is 13.6. The first kappa shape index (κ1) is 18.2. The summed E-state index contributed by atoms with van der Waals surface area (Å²) in [7, 11) is 1.58. The number of carbonyl (C=O) groups is 2. The number of carboxylic acids is 1. The van der Waals surface area contributed by atoms with Gasteiger partial charge < -0.3 is 15.3 Å². The van der Waals surface area contributed by atoms with Gasteiger partial charge in [0.25, 0.3) is 0 Å². The van der Waals surface area contributed by atoms with Crippen LogP contribution in [0.4, 0.5) is 9.18 Å². The zero-order valence-electron chi connectivity index (χ0n) is 14.1. The number of hydrogen-bond acceptors (Lipinski definition) is 2. The summed E-state index contributed by atoms with van der Waals surface area (Å²) in [5, 5.41) is 11.6. The number of carboxylic acid groups (broad SMARTS) is 1. The summed E-state index contributed by atoms with van der Waals surface area (Å²) in [6, 6.07) is 6.33. The predicted molar refractivity (Wildman–Crippen MR) is 89.4 cm³/mol. The summed E-state index contributed by atoms with van der Waals surface area (Å²) in [6.45, 7) is 0.598. The van der Waals surface area contributed by atoms with E-state index in [2.05, 4.69) is 5.32 Å². The minimum Gasteiger partial charge on any atom is -0.481 e. The van der Waals surface area contributed by atoms with Crippen molar-refractivity contribution in [1.29, 1.82) is 0 Å². The minimum atomic E-state index is -0.932. The SMILES string of the molecule is CN(CCC(=O)O)C(=O)NCC1(c2cccc(F)c2)CCCCC1. The second-order valence-corrected chi connectivity index (χ2v) is 6.58. The van der Waals surface area contributed by atoms with Gasteiger partial charge in [-0.15, -0.1) is 0 Å². The first-order valence-electron chi connectivity index (χ1n) is 8.40. The Morgan fingerprint density at radius 3 is 2.62 bits per heavy atom. The molecule has 24 heavy (non-hydrogen) atoms. The van der Waals surface area contributed by atoms with Gasteiger partial charge in [0.2, 0.25) is 0 Å². The number of hydrogen-bond donors (Lipinski definition) is 2. The van der Waals surface area contributed by atoms with Gasteiger partial charge in [0.05, 0.1) is 6.42 Å². The Balaban J connectivity index is 2.04. The van der Waals surface area contributed by atoms with Crippen molar-refractivity contribution in [3.63, 3.8) is 0 Å². The van der Waals surface area contributed by atoms with Crippen molar-refractivity contribution < 1.29 is 19.1 Å². The third-order valence-electron chi connectivity index (χ3n) is 4.83. The lowest BCUT2D eigenvalue weighted by Crippen LogP contribution is -2.46. The van der Waals surface area contributed by atoms with Crippen LogP contribution in [0.25, 0.3) is 0 Å². The van der Waals surface area contributed by atoms with Crippen molar-refractivity contribution in [3.8, 4) is 0 Å². The molecule has 1 aliphatic rings. The largest absolute Gasteiger partial charge is 0.481 e. The molecule has 0 unspecified atom stereocenters. The van der Waals surface area contributed by atoms with Crippen LogP contribution in [-0.4, -0.2) is 42.1 Å². The van der Waals surface area contributed by atoms with E-state index in [-0.39, 0.29) is 30.2 Å². The van der Waals surface area contributed by atoms with E-state index in [1.165, 1.54) is 11.0 Å². The number of nitrogens with zero attached hydrogens (tertiary/aromatic N) is 1. The maximum atomic E-state index is 13.6. The number of halogens is 1. The minimum absolute atomic E-state index is 0.0844. The Morgan fingerprint density at radius 1 is 1.29 bits per heavy atom. The molecule has 2 rings (SSSR count). The summed E-state index contributed by atoms with van der Waals surface area (Å²) >= 11 is 0. The van der Waals surface area contributed by atoms with Crippen LogP contribution in [0.1, 0.15) is 44.1 Å². The van der Waals surface area contributed by atoms with Crippen molar-refractivity contribution in [2.24, 2.45) is 0 Å². The fourth-order valence-electron chi connectivity index (χ4n) is 3.36. The normalized spacial score (nSPS) is 16.4. The molecule has 1 saturated carbocycles. The Hall–Kier alpha value is -2.11. The second-order valence-electron chi connectivity index (χ2n) is 6.58. The lowest BCUT2D eigenvalue weighted by molar-refractivity contribution is -0.137. The van der Waals surface area contributed by atoms with E-state index in [0.717, 1.165) is 37.7 Å². The topological polar surface area (TPSA) is 69.6 Å². The van der Waals surface area contributed by atoms with E-state index >= 15 is 0 Å². The maximum Gasteiger partial charge on any atom is 0.317 e. The fourth-order valence-corrected chi connectivity index (χ4v) is 3.36. The van der Waals surface area contributed by atoms with Crippen LogP contribution < -0.4 is 5.32 Å². The Morgan fingerprint density at radius 2 is 2.00 bits per heavy atom. The third kappa shape index (κ3) is 4.69. The van der Waals surface area contributed by atoms with Crippen molar-refractivity contribution in [2.75, 3.05) is 20.1 Å². The summed E-state index contributed by atoms with van der Waals surface area (Å²) in [5.74, 6) is -1.19. The molecule has 1 aromatic rings. The van der Waals surface area contributed by atoms with Crippen LogP contribution in [0.15, 0.2) is 24.3 Å². The Labute approximate surface area is 141 Å². The average Bonchev–Trinajstić information content (AvgIpc) is 2.58. The van der Waals surface area contributed by atoms with Crippen LogP contribution in [-0.2, 0) is 10.2 Å². The van der Waals surface area contributed by atoms with Crippen molar-refractivity contribution in [2.45, 2.75) is 43.9 Å². The van der Waals surface area contributed by atoms with Gasteiger partial charge in [-0.3, -0.25) is 4.79 Å². The molecular formula is C18H25FN2O3. The number of nitrogens with one attached hydrogen (secondary N) is 1. The Kier molecular flexibility index (Phi) is 6.17. The molecule has 0 spiro atoms. The fraction of sp³-hybridized carbons (Fsp3) is 0.556. The highest BCUT2D eigenvalue weighted by atomic mass is 19.1. The van der Waals surface area contributed by atoms with E-state index in [9.17, 15) is 14.0 Å². The number of aliphatic carboxylic acids is 1. The van der Waals surface area contributed by atoms with Crippen LogP contribution >= 0.6 is 0 Å². The summed E-state index contributed by atoms with van der Waals surface area (Å²) in [6.07, 6.45) is 5.01. The van der Waals surface area contributed by atoms with Gasteiger partial charge in [-0.1, -0.05) is 31.4 Å². The molecule has 2 N–H and O–H groups in total. The van der Waals surface area contributed by atoms with Gasteiger partial charge >= 0.3 is 12.0 Å². The van der Waals surface area contributed by atoms with E-state index in [4.69, 9.17) is 5.11 Å². The van der Waals surface area contributed by atoms with Crippen LogP contribution in [0.5, 0.6) is 0 Å². The van der Waals surface area contributed by atoms with E-state index in [1.54, 1.807) is 19.2 Å². The van der Waals surface area contributed by atoms with Crippen LogP contribution in [0.2, 0.25) is 0 Å². The molecule has 0 aromatic heterocycles. The number of benzene rings is 1. The van der Waals surface area contributed by atoms with Crippen LogP contribution in [0.3, 0.4) is 0 Å². The monoisotopic (exact) mass is 336 g/mol. The average molecular weight is 336 g/mol. The molecule has 0 radical (unpaired) electrons. The smallest absolute Gasteiger partial charge is 0.317 e. The van der Waals surface area contributed by atoms with Crippen molar-refractivity contribution in [3.05, 3.63) is 35.6 Å². The molecule has 0 bridgehead atoms. The summed E-state index contributed by atoms with van der Waals surface area (Å²) in [5.41, 5.74) is 0.680. The van der Waals surface area contributed by atoms with Gasteiger partial charge in [-0.2, -0.15) is 0 Å². The molecule has 1 aromatic carbocycles. The zero-order chi connectivity index (χ0) is 17.6. The lowest BCUT2D eigenvalue weighted by Gasteiger charge is -2.38. The second kappa shape index (κ2) is 8.13. The highest BCUT2D eigenvalue weighted by Gasteiger charge is 2.34. The van der Waals surface area contributed by atoms with Gasteiger partial charge in [0.15, 0.2) is 0 Å². The lowest BCUT2D eigenvalue weighted by atomic mass is 9.69. The van der Waals surface area contributed by atoms with Gasteiger partial charge in [0, 0.05) is 25.6 Å². The third-order valence-corrected chi connectivity index (χ3v) is 4.83. The Bertz CT molecular complexity index is 585. The molecule has 1 aliphatic carbocycles. The van der Waals surface area contributed by atoms with Crippen molar-refractivity contribution >= 4 is 12.0 Å². The van der Waals surface area contributed by atoms with Crippen molar-refractivity contribution in [1.82, 2.24) is 10.2 Å². The zero-order valence-corrected chi connectivity index (χ0v) is 14.1. The molecule has 0 saturated heterocycles. The number of rotatable bonds is 6.